The minimum Gasteiger partial charge on any atom is -0.550 e. The molecule has 2 nitrogen and oxygen atoms in total. The molecule has 0 heterocycles. The molecule has 0 saturated carbocycles. The Bertz CT molecular complexity index is 63.4. The predicted molar refractivity (Wildman–Crippen MR) is 27.3 cm³/mol. The number of hydrogen-bond acceptors (Lipinski definition) is 2. The van der Waals surface area contributed by atoms with Crippen molar-refractivity contribution in [2.45, 2.75) is 26.2 Å². The van der Waals surface area contributed by atoms with Gasteiger partial charge in [0, 0.05) is 5.97 Å². The van der Waals surface area contributed by atoms with Crippen LogP contribution in [0.3, 0.4) is 0 Å². The highest BCUT2D eigenvalue weighted by Crippen LogP contribution is 1.89. The van der Waals surface area contributed by atoms with Gasteiger partial charge in [-0.25, -0.2) is 0 Å². The number of halogens is 1. The fourth-order valence-corrected chi connectivity index (χ4v) is 0.321. The zero-order valence-electron chi connectivity index (χ0n) is 4.89. The van der Waals surface area contributed by atoms with E-state index in [2.05, 4.69) is 0 Å². The second-order valence-electron chi connectivity index (χ2n) is 1.48. The molecule has 0 bridgehead atoms. The number of carboxylic acids is 1. The van der Waals surface area contributed by atoms with Crippen molar-refractivity contribution in [1.29, 1.82) is 0 Å². The number of carboxylic acid groups (broad SMARTS) is 1. The van der Waals surface area contributed by atoms with Gasteiger partial charge in [0.25, 0.3) is 0 Å². The van der Waals surface area contributed by atoms with Gasteiger partial charge in [-0.05, 0) is 12.8 Å². The summed E-state index contributed by atoms with van der Waals surface area (Å²) < 4.78 is 0. The van der Waals surface area contributed by atoms with Gasteiger partial charge < -0.3 is 9.90 Å². The Labute approximate surface area is 66.3 Å². The summed E-state index contributed by atoms with van der Waals surface area (Å²) in [6.45, 7) is 1.95. The van der Waals surface area contributed by atoms with Gasteiger partial charge in [0.1, 0.15) is 0 Å². The van der Waals surface area contributed by atoms with Crippen molar-refractivity contribution in [3.8, 4) is 0 Å². The molecule has 0 aliphatic rings. The molecule has 0 atom stereocenters. The number of hydrogen-bond donors (Lipinski definition) is 0. The smallest absolute Gasteiger partial charge is 0.235 e. The lowest BCUT2D eigenvalue weighted by molar-refractivity contribution is -0.305. The summed E-state index contributed by atoms with van der Waals surface area (Å²) >= 11 is 0. The summed E-state index contributed by atoms with van der Waals surface area (Å²) in [5.74, 6) is -0.943. The first-order valence-corrected chi connectivity index (χ1v) is 2.47. The Kier molecular flexibility index (Phi) is 9.95. The number of rotatable bonds is 3. The van der Waals surface area contributed by atoms with Gasteiger partial charge in [0.15, 0.2) is 0 Å². The third-order valence-corrected chi connectivity index (χ3v) is 0.734. The lowest BCUT2D eigenvalue weighted by Crippen LogP contribution is -3.00. The minimum absolute atomic E-state index is 0. The highest BCUT2D eigenvalue weighted by atomic mass is 127. The molecule has 0 N–H and O–H groups in total. The maximum absolute atomic E-state index is 9.65. The molecular formula is C5H11IO2. The van der Waals surface area contributed by atoms with E-state index < -0.39 is 5.97 Å². The van der Waals surface area contributed by atoms with Crippen molar-refractivity contribution in [2.75, 3.05) is 0 Å². The monoisotopic (exact) mass is 230 g/mol. The van der Waals surface area contributed by atoms with Gasteiger partial charge in [0.2, 0.25) is 24.0 Å². The van der Waals surface area contributed by atoms with Gasteiger partial charge in [-0.15, -0.1) is 0 Å². The molecular weight excluding hydrogens is 219 g/mol. The molecule has 0 aromatic carbocycles. The molecule has 3 heteroatoms. The zero-order valence-corrected chi connectivity index (χ0v) is 7.44. The van der Waals surface area contributed by atoms with Crippen LogP contribution in [-0.2, 0) is 4.79 Å². The van der Waals surface area contributed by atoms with Gasteiger partial charge in [-0.3, -0.25) is 0 Å². The van der Waals surface area contributed by atoms with E-state index in [-0.39, 0.29) is 30.4 Å². The lowest BCUT2D eigenvalue weighted by atomic mass is 10.3. The first kappa shape index (κ1) is 11.1. The molecule has 0 saturated heterocycles. The van der Waals surface area contributed by atoms with Crippen LogP contribution in [0.15, 0.2) is 0 Å². The summed E-state index contributed by atoms with van der Waals surface area (Å²) in [5.41, 5.74) is 0. The van der Waals surface area contributed by atoms with E-state index in [0.717, 1.165) is 12.8 Å². The molecule has 0 amide bonds. The predicted octanol–water partition coefficient (Wildman–Crippen LogP) is -3.60. The highest BCUT2D eigenvalue weighted by molar-refractivity contribution is 5.63. The van der Waals surface area contributed by atoms with Crippen molar-refractivity contribution in [2.24, 2.45) is 0 Å². The van der Waals surface area contributed by atoms with E-state index in [1.165, 1.54) is 0 Å². The Hall–Kier alpha value is 0.200. The fraction of sp³-hybridized carbons (Fsp3) is 0.800. The van der Waals surface area contributed by atoms with Crippen molar-refractivity contribution < 1.29 is 33.9 Å². The van der Waals surface area contributed by atoms with Gasteiger partial charge in [0.05, 0.1) is 0 Å². The second-order valence-corrected chi connectivity index (χ2v) is 1.48. The maximum Gasteiger partial charge on any atom is 0.235 e. The number of carbonyl (C=O) groups excluding carboxylic acids is 1. The standard InChI is InChI=1S/C5H10O2.H2I/c1-2-3-4-5(6)7;/h2-4H2,1H3,(H,6,7);1H2/q;+1/p-1. The van der Waals surface area contributed by atoms with Crippen LogP contribution in [0.1, 0.15) is 26.2 Å². The van der Waals surface area contributed by atoms with E-state index in [4.69, 9.17) is 0 Å². The maximum atomic E-state index is 9.65. The molecule has 8 heavy (non-hydrogen) atoms. The Morgan fingerprint density at radius 1 is 1.62 bits per heavy atom. The fourth-order valence-electron chi connectivity index (χ4n) is 0.321. The first-order valence-electron chi connectivity index (χ1n) is 2.47. The van der Waals surface area contributed by atoms with Gasteiger partial charge >= 0.3 is 0 Å². The van der Waals surface area contributed by atoms with E-state index in [1.807, 2.05) is 6.92 Å². The SMILES string of the molecule is CCCCC(=O)[O-].[IH2+]. The van der Waals surface area contributed by atoms with Crippen LogP contribution in [-0.4, -0.2) is 5.97 Å². The van der Waals surface area contributed by atoms with Gasteiger partial charge in [-0.2, -0.15) is 0 Å². The van der Waals surface area contributed by atoms with Crippen molar-refractivity contribution >= 4 is 5.97 Å². The molecule has 0 aliphatic heterocycles. The summed E-state index contributed by atoms with van der Waals surface area (Å²) in [7, 11) is 0. The van der Waals surface area contributed by atoms with Crippen LogP contribution in [0.2, 0.25) is 0 Å². The third kappa shape index (κ3) is 9.50. The molecule has 0 spiro atoms. The molecule has 0 fully saturated rings. The number of unbranched alkanes of at least 4 members (excludes halogenated alkanes) is 1. The van der Waals surface area contributed by atoms with Crippen molar-refractivity contribution in [1.82, 2.24) is 0 Å². The van der Waals surface area contributed by atoms with Crippen molar-refractivity contribution in [3.05, 3.63) is 0 Å². The normalized spacial score (nSPS) is 7.62. The van der Waals surface area contributed by atoms with Crippen LogP contribution in [0.5, 0.6) is 0 Å². The largest absolute Gasteiger partial charge is 0.550 e. The van der Waals surface area contributed by atoms with Crippen LogP contribution < -0.4 is 29.1 Å². The Morgan fingerprint density at radius 2 is 2.12 bits per heavy atom. The summed E-state index contributed by atoms with van der Waals surface area (Å²) in [6.07, 6.45) is 1.87. The average Bonchev–Trinajstić information content (AvgIpc) is 1.61. The molecule has 0 aromatic rings. The van der Waals surface area contributed by atoms with E-state index >= 15 is 0 Å². The number of carbonyl (C=O) groups is 1. The van der Waals surface area contributed by atoms with E-state index in [0.29, 0.717) is 0 Å². The summed E-state index contributed by atoms with van der Waals surface area (Å²) in [6, 6.07) is 0. The summed E-state index contributed by atoms with van der Waals surface area (Å²) in [4.78, 5) is 9.65. The lowest BCUT2D eigenvalue weighted by Gasteiger charge is -1.95. The Morgan fingerprint density at radius 3 is 2.25 bits per heavy atom. The topological polar surface area (TPSA) is 40.1 Å². The van der Waals surface area contributed by atoms with Gasteiger partial charge in [-0.1, -0.05) is 13.3 Å². The Balaban J connectivity index is 0. The average molecular weight is 230 g/mol. The first-order chi connectivity index (χ1) is 3.27. The summed E-state index contributed by atoms with van der Waals surface area (Å²) in [5, 5.41) is 9.65. The second kappa shape index (κ2) is 7.20. The highest BCUT2D eigenvalue weighted by Gasteiger charge is 1.80. The molecule has 0 rings (SSSR count). The molecule has 50 valence electrons. The molecule has 0 radical (unpaired) electrons. The van der Waals surface area contributed by atoms with Crippen LogP contribution >= 0.6 is 0 Å². The number of aliphatic carboxylic acids is 1. The van der Waals surface area contributed by atoms with Crippen LogP contribution in [0.4, 0.5) is 0 Å². The van der Waals surface area contributed by atoms with Crippen LogP contribution in [0, 0.1) is 0 Å². The van der Waals surface area contributed by atoms with Crippen LogP contribution in [0.25, 0.3) is 0 Å². The molecule has 0 aromatic heterocycles. The third-order valence-electron chi connectivity index (χ3n) is 0.734. The quantitative estimate of drug-likeness (QED) is 0.470. The zero-order chi connectivity index (χ0) is 5.70. The van der Waals surface area contributed by atoms with Crippen molar-refractivity contribution in [3.63, 3.8) is 0 Å². The van der Waals surface area contributed by atoms with E-state index in [1.54, 1.807) is 0 Å². The molecule has 0 unspecified atom stereocenters. The molecule has 0 aliphatic carbocycles. The van der Waals surface area contributed by atoms with E-state index in [9.17, 15) is 9.90 Å². The minimum atomic E-state index is -0.943.